The molecule has 0 aliphatic carbocycles. The second-order valence-electron chi connectivity index (χ2n) is 6.22. The maximum atomic E-state index is 12.3. The van der Waals surface area contributed by atoms with Gasteiger partial charge >= 0.3 is 12.5 Å². The Morgan fingerprint density at radius 1 is 1.32 bits per heavy atom. The molecule has 2 rings (SSSR count). The van der Waals surface area contributed by atoms with E-state index >= 15 is 0 Å². The lowest BCUT2D eigenvalue weighted by Gasteiger charge is -2.21. The van der Waals surface area contributed by atoms with E-state index in [2.05, 4.69) is 10.1 Å². The summed E-state index contributed by atoms with van der Waals surface area (Å²) in [5, 5.41) is 2.50. The summed E-state index contributed by atoms with van der Waals surface area (Å²) >= 11 is 0. The Hall–Kier alpha value is -2.49. The quantitative estimate of drug-likeness (QED) is 0.895. The van der Waals surface area contributed by atoms with Crippen LogP contribution in [0.5, 0.6) is 5.75 Å². The van der Waals surface area contributed by atoms with Gasteiger partial charge in [-0.2, -0.15) is 0 Å². The summed E-state index contributed by atoms with van der Waals surface area (Å²) in [7, 11) is 0. The molecule has 1 aliphatic heterocycles. The highest BCUT2D eigenvalue weighted by Gasteiger charge is 2.38. The molecule has 10 heteroatoms. The van der Waals surface area contributed by atoms with E-state index in [4.69, 9.17) is 9.47 Å². The molecule has 138 valence electrons. The molecule has 1 unspecified atom stereocenters. The van der Waals surface area contributed by atoms with E-state index < -0.39 is 35.9 Å². The first-order valence-corrected chi connectivity index (χ1v) is 7.22. The summed E-state index contributed by atoms with van der Waals surface area (Å²) < 4.78 is 50.6. The number of alkyl halides is 3. The lowest BCUT2D eigenvalue weighted by molar-refractivity contribution is -0.274. The molecule has 1 fully saturated rings. The number of carbonyl (C=O) groups excluding carboxylic acids is 2. The number of benzene rings is 1. The van der Waals surface area contributed by atoms with Gasteiger partial charge in [0.05, 0.1) is 0 Å². The van der Waals surface area contributed by atoms with Gasteiger partial charge in [-0.3, -0.25) is 9.69 Å². The summed E-state index contributed by atoms with van der Waals surface area (Å²) in [6.07, 6.45) is -7.17. The summed E-state index contributed by atoms with van der Waals surface area (Å²) in [5.74, 6) is -1.19. The highest BCUT2D eigenvalue weighted by Crippen LogP contribution is 2.29. The molecule has 1 aromatic carbocycles. The lowest BCUT2D eigenvalue weighted by Crippen LogP contribution is -2.43. The molecule has 0 radical (unpaired) electrons. The highest BCUT2D eigenvalue weighted by molar-refractivity contribution is 5.98. The normalized spacial score (nSPS) is 18.2. The van der Waals surface area contributed by atoms with Crippen LogP contribution in [-0.2, 0) is 14.3 Å². The Kier molecular flexibility index (Phi) is 5.12. The van der Waals surface area contributed by atoms with Crippen molar-refractivity contribution in [2.45, 2.75) is 39.0 Å². The second kappa shape index (κ2) is 6.79. The average molecular weight is 362 g/mol. The lowest BCUT2D eigenvalue weighted by atomic mass is 10.1. The molecule has 25 heavy (non-hydrogen) atoms. The smallest absolute Gasteiger partial charge is 0.410 e. The fourth-order valence-corrected chi connectivity index (χ4v) is 1.97. The number of hydrogen-bond donors (Lipinski definition) is 1. The number of halogens is 3. The van der Waals surface area contributed by atoms with Crippen LogP contribution < -0.4 is 15.0 Å². The Balaban J connectivity index is 2.04. The van der Waals surface area contributed by atoms with Gasteiger partial charge in [-0.1, -0.05) is 6.07 Å². The number of rotatable bonds is 3. The maximum Gasteiger partial charge on any atom is 0.573 e. The molecule has 1 aromatic rings. The van der Waals surface area contributed by atoms with Crippen LogP contribution in [0, 0.1) is 0 Å². The molecule has 1 saturated heterocycles. The van der Waals surface area contributed by atoms with Crippen molar-refractivity contribution >= 4 is 17.7 Å². The van der Waals surface area contributed by atoms with E-state index in [1.165, 1.54) is 12.1 Å². The molecule has 0 saturated carbocycles. The molecular formula is C15H17F3N2O5. The Morgan fingerprint density at radius 3 is 2.60 bits per heavy atom. The molecule has 1 atom stereocenters. The first-order valence-electron chi connectivity index (χ1n) is 7.22. The highest BCUT2D eigenvalue weighted by atomic mass is 19.4. The first kappa shape index (κ1) is 18.8. The number of alkyl carbamates (subject to hydrolysis) is 1. The topological polar surface area (TPSA) is 77.1 Å². The molecule has 1 N–H and O–H groups in total. The zero-order valence-electron chi connectivity index (χ0n) is 13.7. The number of amides is 2. The van der Waals surface area contributed by atoms with E-state index in [-0.39, 0.29) is 12.4 Å². The fraction of sp³-hybridized carbons (Fsp3) is 0.467. The average Bonchev–Trinajstić information content (AvgIpc) is 2.76. The van der Waals surface area contributed by atoms with E-state index in [0.717, 1.165) is 17.0 Å². The van der Waals surface area contributed by atoms with E-state index in [9.17, 15) is 22.8 Å². The molecular weight excluding hydrogens is 345 g/mol. The van der Waals surface area contributed by atoms with Crippen LogP contribution in [0.15, 0.2) is 24.3 Å². The third kappa shape index (κ3) is 5.52. The van der Waals surface area contributed by atoms with Crippen LogP contribution in [0.4, 0.5) is 23.7 Å². The number of carbonyl (C=O) groups is 2. The van der Waals surface area contributed by atoms with Crippen molar-refractivity contribution in [1.82, 2.24) is 5.32 Å². The zero-order chi connectivity index (χ0) is 18.8. The summed E-state index contributed by atoms with van der Waals surface area (Å²) in [6, 6.07) is 4.84. The van der Waals surface area contributed by atoms with E-state index in [1.807, 2.05) is 0 Å². The van der Waals surface area contributed by atoms with Crippen LogP contribution in [0.2, 0.25) is 0 Å². The predicted octanol–water partition coefficient (Wildman–Crippen LogP) is 2.76. The number of hydrogen-bond acceptors (Lipinski definition) is 5. The second-order valence-corrected chi connectivity index (χ2v) is 6.22. The van der Waals surface area contributed by atoms with Crippen LogP contribution in [-0.4, -0.2) is 36.9 Å². The Morgan fingerprint density at radius 2 is 2.00 bits per heavy atom. The number of nitrogens with zero attached hydrogens (tertiary/aromatic N) is 1. The maximum absolute atomic E-state index is 12.3. The van der Waals surface area contributed by atoms with Crippen LogP contribution in [0.25, 0.3) is 0 Å². The van der Waals surface area contributed by atoms with E-state index in [0.29, 0.717) is 0 Å². The van der Waals surface area contributed by atoms with Gasteiger partial charge in [-0.25, -0.2) is 4.79 Å². The third-order valence-corrected chi connectivity index (χ3v) is 2.88. The molecule has 0 bridgehead atoms. The van der Waals surface area contributed by atoms with Gasteiger partial charge in [0.1, 0.15) is 12.5 Å². The zero-order valence-corrected chi connectivity index (χ0v) is 13.7. The Labute approximate surface area is 141 Å². The minimum absolute atomic E-state index is 0.120. The fourth-order valence-electron chi connectivity index (χ4n) is 1.97. The van der Waals surface area contributed by atoms with Crippen molar-refractivity contribution in [1.29, 1.82) is 0 Å². The van der Waals surface area contributed by atoms with Gasteiger partial charge in [0.2, 0.25) is 0 Å². The molecule has 0 aromatic heterocycles. The van der Waals surface area contributed by atoms with Crippen molar-refractivity contribution in [3.63, 3.8) is 0 Å². The molecule has 7 nitrogen and oxygen atoms in total. The van der Waals surface area contributed by atoms with Crippen molar-refractivity contribution in [2.75, 3.05) is 11.6 Å². The summed E-state index contributed by atoms with van der Waals surface area (Å²) in [5.41, 5.74) is -0.448. The van der Waals surface area contributed by atoms with Gasteiger partial charge in [-0.05, 0) is 32.9 Å². The van der Waals surface area contributed by atoms with Crippen LogP contribution in [0.1, 0.15) is 20.8 Å². The van der Waals surface area contributed by atoms with Crippen molar-refractivity contribution in [2.24, 2.45) is 0 Å². The van der Waals surface area contributed by atoms with Gasteiger partial charge < -0.3 is 19.5 Å². The van der Waals surface area contributed by atoms with Crippen molar-refractivity contribution in [3.05, 3.63) is 24.3 Å². The van der Waals surface area contributed by atoms with E-state index in [1.54, 1.807) is 20.8 Å². The molecule has 0 spiro atoms. The number of ether oxygens (including phenoxy) is 3. The van der Waals surface area contributed by atoms with Crippen molar-refractivity contribution < 1.29 is 37.0 Å². The largest absolute Gasteiger partial charge is 0.573 e. The van der Waals surface area contributed by atoms with Gasteiger partial charge in [0.25, 0.3) is 12.2 Å². The summed E-state index contributed by atoms with van der Waals surface area (Å²) in [6.45, 7) is 4.90. The first-order chi connectivity index (χ1) is 11.4. The van der Waals surface area contributed by atoms with Crippen LogP contribution in [0.3, 0.4) is 0 Å². The van der Waals surface area contributed by atoms with Crippen molar-refractivity contribution in [3.8, 4) is 5.75 Å². The van der Waals surface area contributed by atoms with Gasteiger partial charge in [0, 0.05) is 17.3 Å². The standard InChI is InChI=1S/C15H17F3N2O5/c1-14(2,3)19-13(22)24-12-11(21)20(8-23-12)9-5-4-6-10(7-9)25-15(16,17)18/h4-7,12H,8H2,1-3H3,(H,19,22). The minimum Gasteiger partial charge on any atom is -0.410 e. The SMILES string of the molecule is CC(C)(C)NC(=O)OC1OCN(c2cccc(OC(F)(F)F)c2)C1=O. The third-order valence-electron chi connectivity index (χ3n) is 2.88. The molecule has 1 heterocycles. The number of anilines is 1. The van der Waals surface area contributed by atoms with Gasteiger partial charge in [-0.15, -0.1) is 13.2 Å². The number of nitrogens with one attached hydrogen (secondary N) is 1. The Bertz CT molecular complexity index is 657. The summed E-state index contributed by atoms with van der Waals surface area (Å²) in [4.78, 5) is 25.0. The minimum atomic E-state index is -4.85. The molecule has 2 amide bonds. The van der Waals surface area contributed by atoms with Gasteiger partial charge in [0.15, 0.2) is 0 Å². The monoisotopic (exact) mass is 362 g/mol. The molecule has 1 aliphatic rings. The van der Waals surface area contributed by atoms with Crippen LogP contribution >= 0.6 is 0 Å². The predicted molar refractivity (Wildman–Crippen MR) is 79.7 cm³/mol.